The highest BCUT2D eigenvalue weighted by Gasteiger charge is 2.54. The molecule has 1 saturated carbocycles. The summed E-state index contributed by atoms with van der Waals surface area (Å²) in [4.78, 5) is 24.4. The van der Waals surface area contributed by atoms with Crippen LogP contribution in [0, 0.1) is 17.8 Å². The lowest BCUT2D eigenvalue weighted by Crippen LogP contribution is -2.60. The number of esters is 1. The van der Waals surface area contributed by atoms with Gasteiger partial charge in [0.1, 0.15) is 30.2 Å². The van der Waals surface area contributed by atoms with E-state index in [0.29, 0.717) is 0 Å². The van der Waals surface area contributed by atoms with Gasteiger partial charge in [0.2, 0.25) is 6.29 Å². The number of aliphatic hydroxyl groups excluding tert-OH is 4. The highest BCUT2D eigenvalue weighted by Crippen LogP contribution is 2.45. The van der Waals surface area contributed by atoms with Crippen LogP contribution in [0.2, 0.25) is 0 Å². The van der Waals surface area contributed by atoms with E-state index in [1.165, 1.54) is 7.11 Å². The van der Waals surface area contributed by atoms with Gasteiger partial charge in [-0.15, -0.1) is 0 Å². The van der Waals surface area contributed by atoms with Gasteiger partial charge in [0.25, 0.3) is 0 Å². The molecule has 10 nitrogen and oxygen atoms in total. The SMILES string of the molecule is COC(=O)C1=CO[C@@H](O[C@@H]2O[C@H](CO)[C@H](O)[C@H](O)[C@H]2O)[C@H]2[C@@H]1C(=O)C[C@@H]2C. The van der Waals surface area contributed by atoms with Crippen molar-refractivity contribution in [3.63, 3.8) is 0 Å². The number of ketones is 1. The molecule has 1 saturated heterocycles. The third-order valence-electron chi connectivity index (χ3n) is 5.43. The number of fused-ring (bicyclic) bond motifs is 1. The first-order valence-electron chi connectivity index (χ1n) is 8.72. The molecular formula is C17H24O10. The fourth-order valence-electron chi connectivity index (χ4n) is 3.96. The second kappa shape index (κ2) is 7.82. The number of carbonyl (C=O) groups is 2. The number of rotatable bonds is 4. The topological polar surface area (TPSA) is 152 Å². The Balaban J connectivity index is 1.82. The summed E-state index contributed by atoms with van der Waals surface area (Å²) in [6.07, 6.45) is -6.93. The zero-order chi connectivity index (χ0) is 19.9. The van der Waals surface area contributed by atoms with Gasteiger partial charge in [0, 0.05) is 12.3 Å². The van der Waals surface area contributed by atoms with Crippen molar-refractivity contribution in [2.75, 3.05) is 13.7 Å². The van der Waals surface area contributed by atoms with E-state index < -0.39 is 61.4 Å². The summed E-state index contributed by atoms with van der Waals surface area (Å²) in [5, 5.41) is 39.1. The molecule has 0 spiro atoms. The van der Waals surface area contributed by atoms with Crippen LogP contribution in [0.5, 0.6) is 0 Å². The zero-order valence-corrected chi connectivity index (χ0v) is 14.9. The van der Waals surface area contributed by atoms with Crippen LogP contribution in [0.3, 0.4) is 0 Å². The molecule has 1 aliphatic carbocycles. The summed E-state index contributed by atoms with van der Waals surface area (Å²) in [6.45, 7) is 1.22. The molecule has 2 aliphatic heterocycles. The fourth-order valence-corrected chi connectivity index (χ4v) is 3.96. The van der Waals surface area contributed by atoms with Crippen molar-refractivity contribution < 1.29 is 49.0 Å². The zero-order valence-electron chi connectivity index (χ0n) is 14.9. The molecule has 152 valence electrons. The largest absolute Gasteiger partial charge is 0.472 e. The third-order valence-corrected chi connectivity index (χ3v) is 5.43. The Bertz CT molecular complexity index is 617. The van der Waals surface area contributed by atoms with E-state index in [4.69, 9.17) is 18.9 Å². The van der Waals surface area contributed by atoms with Crippen LogP contribution in [0.15, 0.2) is 11.8 Å². The van der Waals surface area contributed by atoms with Crippen molar-refractivity contribution in [3.05, 3.63) is 11.8 Å². The van der Waals surface area contributed by atoms with Crippen LogP contribution >= 0.6 is 0 Å². The average molecular weight is 388 g/mol. The molecule has 0 radical (unpaired) electrons. The van der Waals surface area contributed by atoms with Gasteiger partial charge >= 0.3 is 5.97 Å². The first-order chi connectivity index (χ1) is 12.8. The van der Waals surface area contributed by atoms with Gasteiger partial charge in [-0.25, -0.2) is 4.79 Å². The maximum absolute atomic E-state index is 12.4. The van der Waals surface area contributed by atoms with Crippen LogP contribution in [0.4, 0.5) is 0 Å². The van der Waals surface area contributed by atoms with Crippen LogP contribution in [0.1, 0.15) is 13.3 Å². The van der Waals surface area contributed by atoms with Gasteiger partial charge in [0.15, 0.2) is 6.29 Å². The number of carbonyl (C=O) groups excluding carboxylic acids is 2. The Morgan fingerprint density at radius 1 is 1.22 bits per heavy atom. The minimum atomic E-state index is -1.59. The van der Waals surface area contributed by atoms with E-state index in [2.05, 4.69) is 0 Å². The summed E-state index contributed by atoms with van der Waals surface area (Å²) in [6, 6.07) is 0. The maximum atomic E-state index is 12.4. The highest BCUT2D eigenvalue weighted by molar-refractivity contribution is 5.99. The summed E-state index contributed by atoms with van der Waals surface area (Å²) in [7, 11) is 1.21. The number of ether oxygens (including phenoxy) is 4. The van der Waals surface area contributed by atoms with E-state index in [-0.39, 0.29) is 23.7 Å². The minimum absolute atomic E-state index is 0.102. The Hall–Kier alpha value is -1.56. The first kappa shape index (κ1) is 20.2. The van der Waals surface area contributed by atoms with Crippen LogP contribution in [-0.2, 0) is 28.5 Å². The standard InChI is InChI=1S/C17H24O10/c1-6-3-8(19)11-7(15(23)24-2)5-25-16(10(6)11)27-17-14(22)13(21)12(20)9(4-18)26-17/h5-6,9-14,16-18,20-22H,3-4H2,1-2H3/t6-,9+,10+,11-,12-,13-,14+,16-,17-/m0/s1. The number of aliphatic hydroxyl groups is 4. The van der Waals surface area contributed by atoms with Gasteiger partial charge in [-0.3, -0.25) is 4.79 Å². The Kier molecular flexibility index (Phi) is 5.84. The lowest BCUT2D eigenvalue weighted by atomic mass is 9.83. The lowest BCUT2D eigenvalue weighted by Gasteiger charge is -2.42. The number of methoxy groups -OCH3 is 1. The average Bonchev–Trinajstić information content (AvgIpc) is 2.96. The van der Waals surface area contributed by atoms with E-state index in [1.54, 1.807) is 0 Å². The van der Waals surface area contributed by atoms with Crippen molar-refractivity contribution >= 4 is 11.8 Å². The quantitative estimate of drug-likeness (QED) is 0.400. The molecule has 2 heterocycles. The Morgan fingerprint density at radius 3 is 2.56 bits per heavy atom. The Labute approximate surface area is 155 Å². The van der Waals surface area contributed by atoms with Crippen LogP contribution < -0.4 is 0 Å². The molecular weight excluding hydrogens is 364 g/mol. The minimum Gasteiger partial charge on any atom is -0.472 e. The van der Waals surface area contributed by atoms with Gasteiger partial charge in [-0.2, -0.15) is 0 Å². The predicted molar refractivity (Wildman–Crippen MR) is 85.6 cm³/mol. The third kappa shape index (κ3) is 3.48. The van der Waals surface area contributed by atoms with Gasteiger partial charge in [-0.1, -0.05) is 6.92 Å². The first-order valence-corrected chi connectivity index (χ1v) is 8.72. The monoisotopic (exact) mass is 388 g/mol. The van der Waals surface area contributed by atoms with E-state index in [9.17, 15) is 30.0 Å². The van der Waals surface area contributed by atoms with E-state index in [0.717, 1.165) is 6.26 Å². The molecule has 0 amide bonds. The second-order valence-electron chi connectivity index (χ2n) is 7.11. The van der Waals surface area contributed by atoms with Crippen LogP contribution in [0.25, 0.3) is 0 Å². The molecule has 0 aromatic rings. The van der Waals surface area contributed by atoms with Crippen molar-refractivity contribution in [2.45, 2.75) is 50.3 Å². The van der Waals surface area contributed by atoms with E-state index in [1.807, 2.05) is 6.92 Å². The normalized spacial score (nSPS) is 44.3. The fraction of sp³-hybridized carbons (Fsp3) is 0.765. The molecule has 0 bridgehead atoms. The molecule has 3 aliphatic rings. The van der Waals surface area contributed by atoms with Crippen molar-refractivity contribution in [2.24, 2.45) is 17.8 Å². The summed E-state index contributed by atoms with van der Waals surface area (Å²) >= 11 is 0. The number of hydrogen-bond donors (Lipinski definition) is 4. The Morgan fingerprint density at radius 2 is 1.93 bits per heavy atom. The smallest absolute Gasteiger partial charge is 0.337 e. The van der Waals surface area contributed by atoms with Crippen LogP contribution in [-0.4, -0.2) is 82.9 Å². The van der Waals surface area contributed by atoms with Gasteiger partial charge < -0.3 is 39.4 Å². The van der Waals surface area contributed by atoms with Crippen molar-refractivity contribution in [3.8, 4) is 0 Å². The molecule has 27 heavy (non-hydrogen) atoms. The summed E-state index contributed by atoms with van der Waals surface area (Å²) < 4.78 is 21.2. The lowest BCUT2D eigenvalue weighted by molar-refractivity contribution is -0.342. The van der Waals surface area contributed by atoms with E-state index >= 15 is 0 Å². The molecule has 0 aromatic heterocycles. The molecule has 9 atom stereocenters. The van der Waals surface area contributed by atoms with Gasteiger partial charge in [-0.05, 0) is 5.92 Å². The number of hydrogen-bond acceptors (Lipinski definition) is 10. The molecule has 4 N–H and O–H groups in total. The van der Waals surface area contributed by atoms with Crippen molar-refractivity contribution in [1.29, 1.82) is 0 Å². The molecule has 10 heteroatoms. The van der Waals surface area contributed by atoms with Gasteiger partial charge in [0.05, 0.1) is 31.5 Å². The second-order valence-corrected chi connectivity index (χ2v) is 7.11. The number of Topliss-reactive ketones (excluding diaryl/α,β-unsaturated/α-hetero) is 1. The molecule has 2 fully saturated rings. The predicted octanol–water partition coefficient (Wildman–Crippen LogP) is -1.94. The molecule has 3 rings (SSSR count). The maximum Gasteiger partial charge on any atom is 0.337 e. The summed E-state index contributed by atoms with van der Waals surface area (Å²) in [5.74, 6) is -2.28. The summed E-state index contributed by atoms with van der Waals surface area (Å²) in [5.41, 5.74) is 0.102. The molecule has 0 aromatic carbocycles. The van der Waals surface area contributed by atoms with Crippen molar-refractivity contribution in [1.82, 2.24) is 0 Å². The highest BCUT2D eigenvalue weighted by atomic mass is 16.8. The molecule has 0 unspecified atom stereocenters.